The van der Waals surface area contributed by atoms with Crippen LogP contribution >= 0.6 is 0 Å². The van der Waals surface area contributed by atoms with Gasteiger partial charge in [-0.1, -0.05) is 27.7 Å². The van der Waals surface area contributed by atoms with Crippen LogP contribution < -0.4 is 31.9 Å². The van der Waals surface area contributed by atoms with Gasteiger partial charge in [-0.3, -0.25) is 24.0 Å². The minimum absolute atomic E-state index is 0. The van der Waals surface area contributed by atoms with E-state index in [1.54, 1.807) is 20.8 Å². The van der Waals surface area contributed by atoms with Crippen LogP contribution in [0.15, 0.2) is 0 Å². The van der Waals surface area contributed by atoms with Crippen molar-refractivity contribution in [3.05, 3.63) is 0 Å². The summed E-state index contributed by atoms with van der Waals surface area (Å²) in [4.78, 5) is 89.6. The van der Waals surface area contributed by atoms with E-state index in [2.05, 4.69) is 31.9 Å². The summed E-state index contributed by atoms with van der Waals surface area (Å²) < 4.78 is 9.91. The predicted molar refractivity (Wildman–Crippen MR) is 179 cm³/mol. The Morgan fingerprint density at radius 2 is 0.938 bits per heavy atom. The first kappa shape index (κ1) is 46.2. The SMILES string of the molecule is COC(=O)C(C)(C)NC(=O)[C@H](CC(C)C)NC(=O)[C@H](C)NC(=O)C(C)(C)NC(=O)[C@H](CC(C)C)NC(=O)[C@H](C)NC(=O)OC(C)(C)C.O. The molecule has 48 heavy (non-hydrogen) atoms. The zero-order valence-electron chi connectivity index (χ0n) is 31.1. The number of carbonyl (C=O) groups is 7. The van der Waals surface area contributed by atoms with Gasteiger partial charge in [-0.15, -0.1) is 0 Å². The largest absolute Gasteiger partial charge is 0.467 e. The van der Waals surface area contributed by atoms with Gasteiger partial charge in [0.2, 0.25) is 29.5 Å². The lowest BCUT2D eigenvalue weighted by Crippen LogP contribution is -2.63. The van der Waals surface area contributed by atoms with E-state index in [1.165, 1.54) is 48.7 Å². The zero-order chi connectivity index (χ0) is 37.1. The van der Waals surface area contributed by atoms with Gasteiger partial charge in [-0.05, 0) is 87.0 Å². The molecule has 0 rings (SSSR count). The maximum atomic E-state index is 13.3. The molecule has 8 N–H and O–H groups in total. The fourth-order valence-corrected chi connectivity index (χ4v) is 4.14. The lowest BCUT2D eigenvalue weighted by Gasteiger charge is -2.31. The maximum Gasteiger partial charge on any atom is 0.408 e. The number of alkyl carbamates (subject to hydrolysis) is 1. The number of methoxy groups -OCH3 is 1. The molecule has 0 aromatic heterocycles. The third-order valence-electron chi connectivity index (χ3n) is 6.68. The molecule has 0 saturated heterocycles. The standard InChI is InChI=1S/C32H58N6O9.H2O/c1-17(2)15-21(36-24(40)20(6)34-29(45)47-30(7,8)9)25(41)37-31(10,11)27(43)33-19(5)23(39)35-22(16-18(3)4)26(42)38-32(12,13)28(44)46-14;/h17-22H,15-16H2,1-14H3,(H,33,43)(H,34,45)(H,35,39)(H,36,40)(H,37,41)(H,38,42);1H2/t19-,20-,21-,22-;/m0./s1. The van der Waals surface area contributed by atoms with Crippen molar-refractivity contribution < 1.29 is 48.5 Å². The van der Waals surface area contributed by atoms with E-state index >= 15 is 0 Å². The van der Waals surface area contributed by atoms with Gasteiger partial charge in [0.1, 0.15) is 40.8 Å². The highest BCUT2D eigenvalue weighted by molar-refractivity contribution is 5.98. The summed E-state index contributed by atoms with van der Waals surface area (Å²) in [5.74, 6) is -3.89. The van der Waals surface area contributed by atoms with E-state index in [-0.39, 0.29) is 30.2 Å². The molecular formula is C32H60N6O10. The van der Waals surface area contributed by atoms with E-state index in [1.807, 2.05) is 27.7 Å². The van der Waals surface area contributed by atoms with Gasteiger partial charge in [0, 0.05) is 0 Å². The van der Waals surface area contributed by atoms with Gasteiger partial charge < -0.3 is 46.9 Å². The number of carbonyl (C=O) groups excluding carboxylic acids is 7. The van der Waals surface area contributed by atoms with Crippen LogP contribution in [-0.2, 0) is 38.2 Å². The second kappa shape index (κ2) is 19.1. The normalized spacial score (nSPS) is 14.2. The first-order valence-corrected chi connectivity index (χ1v) is 15.9. The van der Waals surface area contributed by atoms with Gasteiger partial charge in [0.25, 0.3) is 0 Å². The molecule has 278 valence electrons. The number of ether oxygens (including phenoxy) is 2. The molecule has 0 aliphatic rings. The Balaban J connectivity index is 0. The average Bonchev–Trinajstić information content (AvgIpc) is 2.89. The summed E-state index contributed by atoms with van der Waals surface area (Å²) in [7, 11) is 1.20. The molecule has 0 aromatic carbocycles. The number of esters is 1. The molecule has 16 nitrogen and oxygen atoms in total. The molecule has 0 aromatic rings. The van der Waals surface area contributed by atoms with Crippen LogP contribution in [0.2, 0.25) is 0 Å². The number of rotatable bonds is 16. The highest BCUT2D eigenvalue weighted by atomic mass is 16.6. The van der Waals surface area contributed by atoms with E-state index in [0.717, 1.165) is 0 Å². The molecule has 0 heterocycles. The Labute approximate surface area is 284 Å². The molecule has 6 amide bonds. The predicted octanol–water partition coefficient (Wildman–Crippen LogP) is 0.604. The minimum atomic E-state index is -1.52. The van der Waals surface area contributed by atoms with Gasteiger partial charge >= 0.3 is 12.1 Å². The lowest BCUT2D eigenvalue weighted by atomic mass is 9.98. The fourth-order valence-electron chi connectivity index (χ4n) is 4.14. The quantitative estimate of drug-likeness (QED) is 0.124. The van der Waals surface area contributed by atoms with E-state index in [9.17, 15) is 33.6 Å². The van der Waals surface area contributed by atoms with Crippen molar-refractivity contribution in [2.24, 2.45) is 11.8 Å². The van der Waals surface area contributed by atoms with Crippen LogP contribution in [0.1, 0.15) is 103 Å². The van der Waals surface area contributed by atoms with Crippen LogP contribution in [-0.4, -0.2) is 95.0 Å². The summed E-state index contributed by atoms with van der Waals surface area (Å²) >= 11 is 0. The molecule has 0 unspecified atom stereocenters. The average molecular weight is 689 g/mol. The van der Waals surface area contributed by atoms with Gasteiger partial charge in [-0.2, -0.15) is 0 Å². The Kier molecular flexibility index (Phi) is 18.4. The van der Waals surface area contributed by atoms with Crippen LogP contribution in [0.3, 0.4) is 0 Å². The van der Waals surface area contributed by atoms with Crippen molar-refractivity contribution in [2.45, 2.75) is 144 Å². The number of amides is 6. The smallest absolute Gasteiger partial charge is 0.408 e. The van der Waals surface area contributed by atoms with E-state index < -0.39 is 82.4 Å². The third kappa shape index (κ3) is 16.7. The van der Waals surface area contributed by atoms with Crippen molar-refractivity contribution >= 4 is 41.6 Å². The fraction of sp³-hybridized carbons (Fsp3) is 0.781. The molecular weight excluding hydrogens is 628 g/mol. The Morgan fingerprint density at radius 1 is 0.562 bits per heavy atom. The highest BCUT2D eigenvalue weighted by Crippen LogP contribution is 2.12. The van der Waals surface area contributed by atoms with Crippen LogP contribution in [0, 0.1) is 11.8 Å². The van der Waals surface area contributed by atoms with Crippen molar-refractivity contribution in [1.29, 1.82) is 0 Å². The Bertz CT molecular complexity index is 1150. The van der Waals surface area contributed by atoms with Crippen molar-refractivity contribution in [2.75, 3.05) is 7.11 Å². The van der Waals surface area contributed by atoms with Crippen molar-refractivity contribution in [3.63, 3.8) is 0 Å². The lowest BCUT2D eigenvalue weighted by molar-refractivity contribution is -0.149. The van der Waals surface area contributed by atoms with Crippen LogP contribution in [0.5, 0.6) is 0 Å². The van der Waals surface area contributed by atoms with Crippen LogP contribution in [0.4, 0.5) is 4.79 Å². The van der Waals surface area contributed by atoms with Gasteiger partial charge in [-0.25, -0.2) is 9.59 Å². The van der Waals surface area contributed by atoms with Gasteiger partial charge in [0.15, 0.2) is 0 Å². The zero-order valence-corrected chi connectivity index (χ0v) is 31.1. The number of hydrogen-bond acceptors (Lipinski definition) is 9. The molecule has 0 bridgehead atoms. The third-order valence-corrected chi connectivity index (χ3v) is 6.68. The molecule has 0 spiro atoms. The number of nitrogens with one attached hydrogen (secondary N) is 6. The Hall–Kier alpha value is -3.95. The topological polar surface area (TPSA) is 242 Å². The minimum Gasteiger partial charge on any atom is -0.467 e. The first-order valence-electron chi connectivity index (χ1n) is 15.9. The summed E-state index contributed by atoms with van der Waals surface area (Å²) in [6.07, 6.45) is -0.298. The molecule has 0 saturated carbocycles. The van der Waals surface area contributed by atoms with E-state index in [0.29, 0.717) is 0 Å². The molecule has 0 aliphatic heterocycles. The first-order chi connectivity index (χ1) is 21.2. The van der Waals surface area contributed by atoms with Crippen LogP contribution in [0.25, 0.3) is 0 Å². The molecule has 4 atom stereocenters. The summed E-state index contributed by atoms with van der Waals surface area (Å²) in [5, 5.41) is 15.5. The second-order valence-electron chi connectivity index (χ2n) is 14.7. The van der Waals surface area contributed by atoms with Crippen molar-refractivity contribution in [3.8, 4) is 0 Å². The van der Waals surface area contributed by atoms with Crippen molar-refractivity contribution in [1.82, 2.24) is 31.9 Å². The summed E-state index contributed by atoms with van der Waals surface area (Å²) in [5.41, 5.74) is -3.63. The molecule has 0 radical (unpaired) electrons. The molecule has 0 aliphatic carbocycles. The maximum absolute atomic E-state index is 13.3. The monoisotopic (exact) mass is 688 g/mol. The Morgan fingerprint density at radius 3 is 1.29 bits per heavy atom. The number of hydrogen-bond donors (Lipinski definition) is 6. The molecule has 0 fully saturated rings. The second-order valence-corrected chi connectivity index (χ2v) is 14.7. The van der Waals surface area contributed by atoms with Gasteiger partial charge in [0.05, 0.1) is 7.11 Å². The summed E-state index contributed by atoms with van der Waals surface area (Å²) in [6.45, 7) is 21.2. The summed E-state index contributed by atoms with van der Waals surface area (Å²) in [6, 6.07) is -4.18. The molecule has 16 heteroatoms. The highest BCUT2D eigenvalue weighted by Gasteiger charge is 2.37. The van der Waals surface area contributed by atoms with E-state index in [4.69, 9.17) is 9.47 Å².